The number of quaternary nitrogens is 1. The van der Waals surface area contributed by atoms with Gasteiger partial charge in [-0.25, -0.2) is 4.99 Å². The van der Waals surface area contributed by atoms with E-state index in [1.54, 1.807) is 7.05 Å². The summed E-state index contributed by atoms with van der Waals surface area (Å²) in [5, 5.41) is 4.58. The fraction of sp³-hybridized carbons (Fsp3) is 0.667. The van der Waals surface area contributed by atoms with Gasteiger partial charge in [-0.15, -0.1) is 0 Å². The maximum Gasteiger partial charge on any atom is 0.336 e. The summed E-state index contributed by atoms with van der Waals surface area (Å²) in [7, 11) is 7.62. The summed E-state index contributed by atoms with van der Waals surface area (Å²) in [6.45, 7) is 0. The van der Waals surface area contributed by atoms with Crippen LogP contribution in [0.3, 0.4) is 0 Å². The third kappa shape index (κ3) is 71.4. The Morgan fingerprint density at radius 2 is 1.17 bits per heavy atom. The fourth-order valence-corrected chi connectivity index (χ4v) is 0.300. The monoisotopic (exact) mass is 260 g/mol. The average Bonchev–Trinajstić information content (AvgIpc) is 2.16. The maximum atomic E-state index is 6.75. The Morgan fingerprint density at radius 1 is 1.00 bits per heavy atom. The van der Waals surface area contributed by atoms with Gasteiger partial charge in [0.25, 0.3) is 5.96 Å². The largest absolute Gasteiger partial charge is 0.373 e. The van der Waals surface area contributed by atoms with Gasteiger partial charge in [-0.05, 0) is 0 Å². The zero-order valence-corrected chi connectivity index (χ0v) is 10.9. The minimum absolute atomic E-state index is 0.0833. The molecule has 0 heterocycles. The summed E-state index contributed by atoms with van der Waals surface area (Å²) in [5.74, 6) is 0.560. The highest BCUT2D eigenvalue weighted by molar-refractivity contribution is 5.70. The van der Waals surface area contributed by atoms with Crippen LogP contribution in [0.15, 0.2) is 4.99 Å². The summed E-state index contributed by atoms with van der Waals surface area (Å²) in [4.78, 5) is 6.83. The zero-order valence-electron chi connectivity index (χ0n) is 10.9. The van der Waals surface area contributed by atoms with Gasteiger partial charge in [0.2, 0.25) is 0 Å². The molecule has 12 nitrogen and oxygen atoms in total. The van der Waals surface area contributed by atoms with E-state index in [0.717, 1.165) is 0 Å². The van der Waals surface area contributed by atoms with Crippen LogP contribution in [0.1, 0.15) is 0 Å². The minimum Gasteiger partial charge on any atom is -0.373 e. The molecule has 0 saturated heterocycles. The zero-order chi connectivity index (χ0) is 15.8. The van der Waals surface area contributed by atoms with Gasteiger partial charge in [-0.2, -0.15) is 0 Å². The van der Waals surface area contributed by atoms with Crippen molar-refractivity contribution in [2.75, 3.05) is 28.2 Å². The second-order valence-corrected chi connectivity index (χ2v) is 3.27. The molecule has 0 aromatic heterocycles. The molecule has 0 unspecified atom stereocenters. The number of guanidine groups is 2. The van der Waals surface area contributed by atoms with Gasteiger partial charge < -0.3 is 27.9 Å². The van der Waals surface area contributed by atoms with E-state index in [1.165, 1.54) is 9.82 Å². The smallest absolute Gasteiger partial charge is 0.336 e. The lowest BCUT2D eigenvalue weighted by molar-refractivity contribution is -0.778. The standard InChI is InChI=1S/C5H14N3.CH5N3.2N3/c1-7-5(6)8(2,3)4;2-1(3)4;2*1-3-2/h1-4H3,(H2,6,7);(H5,2,3,4);;/q+1;;2*-1/p+1. The van der Waals surface area contributed by atoms with Crippen molar-refractivity contribution < 1.29 is 9.89 Å². The molecule has 0 aromatic carbocycles. The van der Waals surface area contributed by atoms with Crippen molar-refractivity contribution in [3.63, 3.8) is 0 Å². The minimum atomic E-state index is -0.0833. The summed E-state index contributed by atoms with van der Waals surface area (Å²) < 4.78 is 0.608. The van der Waals surface area contributed by atoms with E-state index < -0.39 is 0 Å². The molecule has 104 valence electrons. The van der Waals surface area contributed by atoms with Gasteiger partial charge in [0.1, 0.15) is 0 Å². The third-order valence-corrected chi connectivity index (χ3v) is 0.916. The van der Waals surface area contributed by atoms with E-state index in [0.29, 0.717) is 10.4 Å². The quantitative estimate of drug-likeness (QED) is 0.100. The topological polar surface area (TPSA) is 233 Å². The van der Waals surface area contributed by atoms with Gasteiger partial charge in [0.05, 0.1) is 21.1 Å². The summed E-state index contributed by atoms with van der Waals surface area (Å²) in [6.07, 6.45) is 0. The number of nitrogens with two attached hydrogens (primary N) is 4. The van der Waals surface area contributed by atoms with E-state index in [9.17, 15) is 0 Å². The maximum absolute atomic E-state index is 6.75. The lowest BCUT2D eigenvalue weighted by atomic mass is 10.7. The van der Waals surface area contributed by atoms with E-state index in [2.05, 4.69) is 21.9 Å². The second-order valence-electron chi connectivity index (χ2n) is 3.27. The average molecular weight is 260 g/mol. The van der Waals surface area contributed by atoms with Crippen molar-refractivity contribution in [1.29, 1.82) is 0 Å². The van der Waals surface area contributed by atoms with Crippen LogP contribution >= 0.6 is 0 Å². The molecule has 18 heavy (non-hydrogen) atoms. The van der Waals surface area contributed by atoms with Crippen LogP contribution in [-0.2, 0) is 0 Å². The van der Waals surface area contributed by atoms with Crippen LogP contribution in [0, 0.1) is 0 Å². The first-order chi connectivity index (χ1) is 8.04. The van der Waals surface area contributed by atoms with Gasteiger partial charge in [0.15, 0.2) is 0 Å². The van der Waals surface area contributed by atoms with Crippen LogP contribution in [0.5, 0.6) is 0 Å². The Labute approximate surface area is 105 Å². The summed E-state index contributed by atoms with van der Waals surface area (Å²) in [5.41, 5.74) is 41.6. The lowest BCUT2D eigenvalue weighted by Crippen LogP contribution is -2.51. The Hall–Kier alpha value is -2.68. The fourth-order valence-electron chi connectivity index (χ4n) is 0.300. The Balaban J connectivity index is -0.0000000827. The molecule has 0 spiro atoms. The van der Waals surface area contributed by atoms with Crippen molar-refractivity contribution >= 4 is 11.9 Å². The molecular weight excluding hydrogens is 240 g/mol. The molecule has 0 aliphatic carbocycles. The molecule has 0 aliphatic heterocycles. The Kier molecular flexibility index (Phi) is 22.8. The molecular formula is C6H20N12. The molecule has 0 amide bonds. The summed E-state index contributed by atoms with van der Waals surface area (Å²) in [6, 6.07) is 0. The Bertz CT molecular complexity index is 281. The predicted molar refractivity (Wildman–Crippen MR) is 71.0 cm³/mol. The molecule has 0 aromatic rings. The number of rotatable bonds is 0. The molecule has 0 rings (SSSR count). The molecule has 0 atom stereocenters. The first kappa shape index (κ1) is 24.5. The van der Waals surface area contributed by atoms with Crippen molar-refractivity contribution in [3.05, 3.63) is 31.9 Å². The van der Waals surface area contributed by atoms with Crippen LogP contribution in [0.2, 0.25) is 0 Å². The number of aliphatic imine (C=N–C) groups is 1. The third-order valence-electron chi connectivity index (χ3n) is 0.916. The summed E-state index contributed by atoms with van der Waals surface area (Å²) >= 11 is 0. The highest BCUT2D eigenvalue weighted by Crippen LogP contribution is 1.86. The molecule has 0 fully saturated rings. The first-order valence-electron chi connectivity index (χ1n) is 4.19. The first-order valence-corrected chi connectivity index (χ1v) is 4.19. The normalized spacial score (nSPS) is 8.56. The van der Waals surface area contributed by atoms with Gasteiger partial charge in [-0.3, -0.25) is 31.2 Å². The number of hydrogen-bond donors (Lipinski definition) is 4. The molecule has 0 aliphatic rings. The van der Waals surface area contributed by atoms with Crippen LogP contribution < -0.4 is 22.6 Å². The molecule has 8 N–H and O–H groups in total. The van der Waals surface area contributed by atoms with Crippen molar-refractivity contribution in [2.45, 2.75) is 0 Å². The second kappa shape index (κ2) is 16.7. The van der Waals surface area contributed by atoms with E-state index in [4.69, 9.17) is 27.9 Å². The van der Waals surface area contributed by atoms with Crippen LogP contribution in [0.4, 0.5) is 0 Å². The lowest BCUT2D eigenvalue weighted by Gasteiger charge is -2.20. The molecule has 0 bridgehead atoms. The van der Waals surface area contributed by atoms with E-state index in [-0.39, 0.29) is 5.96 Å². The van der Waals surface area contributed by atoms with Gasteiger partial charge in [-0.1, -0.05) is 0 Å². The van der Waals surface area contributed by atoms with Gasteiger partial charge >= 0.3 is 5.96 Å². The highest BCUT2D eigenvalue weighted by atomic mass is 15.4. The van der Waals surface area contributed by atoms with E-state index in [1.807, 2.05) is 21.1 Å². The Morgan fingerprint density at radius 3 is 1.17 bits per heavy atom. The number of nitrogens with zero attached hydrogens (tertiary/aromatic N) is 8. The van der Waals surface area contributed by atoms with Crippen molar-refractivity contribution in [3.8, 4) is 0 Å². The van der Waals surface area contributed by atoms with Crippen LogP contribution in [0.25, 0.3) is 31.9 Å². The van der Waals surface area contributed by atoms with E-state index >= 15 is 0 Å². The SMILES string of the molecule is CN=C(N)[N+](C)(C)C.NC(N)=[NH2+].[N-]=[N+]=[N-].[N-]=[N+]=[N-]. The highest BCUT2D eigenvalue weighted by Gasteiger charge is 2.10. The molecule has 12 heteroatoms. The number of hydrogen-bond acceptors (Lipinski definition) is 1. The predicted octanol–water partition coefficient (Wildman–Crippen LogP) is -1.61. The van der Waals surface area contributed by atoms with Gasteiger partial charge in [0, 0.05) is 7.05 Å². The molecule has 0 radical (unpaired) electrons. The molecule has 0 saturated carbocycles. The van der Waals surface area contributed by atoms with Crippen molar-refractivity contribution in [2.24, 2.45) is 22.2 Å². The van der Waals surface area contributed by atoms with Crippen molar-refractivity contribution in [1.82, 2.24) is 0 Å². The van der Waals surface area contributed by atoms with Crippen LogP contribution in [-0.4, -0.2) is 44.6 Å².